The van der Waals surface area contributed by atoms with Crippen molar-refractivity contribution in [1.82, 2.24) is 0 Å². The molecule has 3 aliphatic carbocycles. The number of halogens is 6. The first-order valence-corrected chi connectivity index (χ1v) is 16.3. The summed E-state index contributed by atoms with van der Waals surface area (Å²) in [6.45, 7) is 2.09. The van der Waals surface area contributed by atoms with Gasteiger partial charge in [-0.2, -0.15) is 8.78 Å². The Morgan fingerprint density at radius 2 is 1.30 bits per heavy atom. The van der Waals surface area contributed by atoms with E-state index < -0.39 is 35.2 Å². The number of ether oxygens (including phenoxy) is 1. The Bertz CT molecular complexity index is 1210. The second-order valence-electron chi connectivity index (χ2n) is 13.2. The molecule has 0 aromatic heterocycles. The van der Waals surface area contributed by atoms with Crippen molar-refractivity contribution in [2.75, 3.05) is 0 Å². The second kappa shape index (κ2) is 14.1. The molecule has 0 amide bonds. The van der Waals surface area contributed by atoms with E-state index in [-0.39, 0.29) is 24.6 Å². The Hall–Kier alpha value is -2.44. The predicted octanol–water partition coefficient (Wildman–Crippen LogP) is 11.6. The lowest BCUT2D eigenvalue weighted by Crippen LogP contribution is -2.37. The van der Waals surface area contributed by atoms with Gasteiger partial charge in [-0.3, -0.25) is 0 Å². The Kier molecular flexibility index (Phi) is 10.5. The third-order valence-electron chi connectivity index (χ3n) is 10.7. The molecule has 0 bridgehead atoms. The van der Waals surface area contributed by atoms with Gasteiger partial charge in [0.15, 0.2) is 17.5 Å². The summed E-state index contributed by atoms with van der Waals surface area (Å²) in [5.74, 6) is -4.43. The van der Waals surface area contributed by atoms with E-state index in [0.29, 0.717) is 36.5 Å². The molecule has 3 fully saturated rings. The minimum absolute atomic E-state index is 0.0761. The number of allylic oxidation sites excluding steroid dienone is 2. The summed E-state index contributed by atoms with van der Waals surface area (Å²) >= 11 is 0. The normalized spacial score (nSPS) is 28.7. The van der Waals surface area contributed by atoms with Crippen molar-refractivity contribution < 1.29 is 31.1 Å². The smallest absolute Gasteiger partial charge is 0.400 e. The lowest BCUT2D eigenvalue weighted by molar-refractivity contribution is -0.222. The molecule has 0 N–H and O–H groups in total. The van der Waals surface area contributed by atoms with Crippen molar-refractivity contribution in [2.45, 2.75) is 115 Å². The lowest BCUT2D eigenvalue weighted by atomic mass is 9.68. The Balaban J connectivity index is 1.10. The standard InChI is InChI=1S/C36H44F6O/c1-2-3-4-5-23-6-8-24(9-7-23)25-10-12-26(13-11-25)28-16-19-31(32(37)20-28)27-14-17-29(18-15-27)36(41,42)43-30-21-33(38)35(40)34(39)22-30/h2-3,16,19-27,29H,4-15,17-18H2,1H3. The molecule has 236 valence electrons. The molecule has 0 atom stereocenters. The van der Waals surface area contributed by atoms with E-state index >= 15 is 4.39 Å². The van der Waals surface area contributed by atoms with Crippen molar-refractivity contribution in [2.24, 2.45) is 23.7 Å². The largest absolute Gasteiger partial charge is 0.432 e. The van der Waals surface area contributed by atoms with Gasteiger partial charge in [-0.05, 0) is 131 Å². The molecule has 43 heavy (non-hydrogen) atoms. The molecular weight excluding hydrogens is 562 g/mol. The summed E-state index contributed by atoms with van der Waals surface area (Å²) in [7, 11) is 0. The van der Waals surface area contributed by atoms with E-state index in [1.807, 2.05) is 12.1 Å². The molecule has 0 aliphatic heterocycles. The summed E-state index contributed by atoms with van der Waals surface area (Å²) in [6.07, 6.45) is 14.1. The maximum Gasteiger partial charge on any atom is 0.400 e. The van der Waals surface area contributed by atoms with Gasteiger partial charge in [-0.1, -0.05) is 37.1 Å². The molecule has 7 heteroatoms. The van der Waals surface area contributed by atoms with Gasteiger partial charge in [0.05, 0.1) is 5.92 Å². The van der Waals surface area contributed by atoms with Gasteiger partial charge in [0.1, 0.15) is 11.6 Å². The van der Waals surface area contributed by atoms with Crippen molar-refractivity contribution in [3.63, 3.8) is 0 Å². The molecule has 0 unspecified atom stereocenters. The quantitative estimate of drug-likeness (QED) is 0.157. The van der Waals surface area contributed by atoms with E-state index in [1.54, 1.807) is 6.07 Å². The summed E-state index contributed by atoms with van der Waals surface area (Å²) in [6, 6.07) is 6.37. The van der Waals surface area contributed by atoms with E-state index in [1.165, 1.54) is 51.4 Å². The molecule has 3 aliphatic rings. The highest BCUT2D eigenvalue weighted by molar-refractivity contribution is 5.30. The van der Waals surface area contributed by atoms with E-state index in [0.717, 1.165) is 36.2 Å². The van der Waals surface area contributed by atoms with Gasteiger partial charge >= 0.3 is 6.11 Å². The van der Waals surface area contributed by atoms with Crippen LogP contribution in [-0.2, 0) is 0 Å². The highest BCUT2D eigenvalue weighted by Gasteiger charge is 2.44. The Morgan fingerprint density at radius 3 is 1.88 bits per heavy atom. The number of rotatable bonds is 9. The molecule has 0 spiro atoms. The first kappa shape index (κ1) is 32.0. The number of benzene rings is 2. The Morgan fingerprint density at radius 1 is 0.721 bits per heavy atom. The van der Waals surface area contributed by atoms with Crippen LogP contribution in [0.3, 0.4) is 0 Å². The van der Waals surface area contributed by atoms with Gasteiger partial charge in [-0.15, -0.1) is 0 Å². The highest BCUT2D eigenvalue weighted by Crippen LogP contribution is 2.47. The Labute approximate surface area is 252 Å². The topological polar surface area (TPSA) is 9.23 Å². The van der Waals surface area contributed by atoms with Crippen molar-refractivity contribution >= 4 is 0 Å². The van der Waals surface area contributed by atoms with Crippen LogP contribution < -0.4 is 4.74 Å². The second-order valence-corrected chi connectivity index (χ2v) is 13.2. The lowest BCUT2D eigenvalue weighted by Gasteiger charge is -2.38. The average molecular weight is 607 g/mol. The molecule has 5 rings (SSSR count). The van der Waals surface area contributed by atoms with Gasteiger partial charge in [0, 0.05) is 12.1 Å². The van der Waals surface area contributed by atoms with Crippen LogP contribution in [-0.4, -0.2) is 6.11 Å². The van der Waals surface area contributed by atoms with Crippen LogP contribution in [0.25, 0.3) is 0 Å². The highest BCUT2D eigenvalue weighted by atomic mass is 19.3. The third-order valence-corrected chi connectivity index (χ3v) is 10.7. The summed E-state index contributed by atoms with van der Waals surface area (Å²) in [4.78, 5) is 0. The van der Waals surface area contributed by atoms with E-state index in [4.69, 9.17) is 0 Å². The summed E-state index contributed by atoms with van der Waals surface area (Å²) in [5.41, 5.74) is 1.61. The molecule has 0 radical (unpaired) electrons. The molecule has 3 saturated carbocycles. The maximum atomic E-state index is 15.4. The molecule has 2 aromatic rings. The number of alkyl halides is 2. The fraction of sp³-hybridized carbons (Fsp3) is 0.611. The van der Waals surface area contributed by atoms with Gasteiger partial charge in [0.2, 0.25) is 0 Å². The van der Waals surface area contributed by atoms with E-state index in [9.17, 15) is 22.0 Å². The monoisotopic (exact) mass is 606 g/mol. The minimum atomic E-state index is -3.69. The number of hydrogen-bond donors (Lipinski definition) is 0. The molecular formula is C36H44F6O. The van der Waals surface area contributed by atoms with Crippen LogP contribution in [0.2, 0.25) is 0 Å². The van der Waals surface area contributed by atoms with Crippen molar-refractivity contribution in [3.05, 3.63) is 76.9 Å². The minimum Gasteiger partial charge on any atom is -0.432 e. The average Bonchev–Trinajstić information content (AvgIpc) is 3.00. The first-order valence-electron chi connectivity index (χ1n) is 16.3. The fourth-order valence-corrected chi connectivity index (χ4v) is 8.07. The predicted molar refractivity (Wildman–Crippen MR) is 157 cm³/mol. The summed E-state index contributed by atoms with van der Waals surface area (Å²) in [5, 5.41) is 0. The van der Waals surface area contributed by atoms with Gasteiger partial charge in [-0.25, -0.2) is 17.6 Å². The maximum absolute atomic E-state index is 15.4. The van der Waals surface area contributed by atoms with E-state index in [2.05, 4.69) is 23.8 Å². The van der Waals surface area contributed by atoms with Crippen LogP contribution >= 0.6 is 0 Å². The van der Waals surface area contributed by atoms with Crippen LogP contribution in [0.1, 0.15) is 120 Å². The van der Waals surface area contributed by atoms with Crippen LogP contribution in [0.15, 0.2) is 42.5 Å². The van der Waals surface area contributed by atoms with Crippen molar-refractivity contribution in [3.8, 4) is 5.75 Å². The molecule has 0 heterocycles. The van der Waals surface area contributed by atoms with Gasteiger partial charge in [0.25, 0.3) is 0 Å². The van der Waals surface area contributed by atoms with Crippen molar-refractivity contribution in [1.29, 1.82) is 0 Å². The third kappa shape index (κ3) is 7.81. The van der Waals surface area contributed by atoms with Crippen LogP contribution in [0, 0.1) is 46.9 Å². The molecule has 0 saturated heterocycles. The zero-order valence-electron chi connectivity index (χ0n) is 25.1. The summed E-state index contributed by atoms with van der Waals surface area (Å²) < 4.78 is 89.7. The number of hydrogen-bond acceptors (Lipinski definition) is 1. The SMILES string of the molecule is CC=CCCC1CCC(C2CCC(c3ccc(C4CCC(C(F)(F)Oc5cc(F)c(F)c(F)c5)CC4)c(F)c3)CC2)CC1. The van der Waals surface area contributed by atoms with Gasteiger partial charge < -0.3 is 4.74 Å². The zero-order chi connectivity index (χ0) is 30.6. The molecule has 2 aromatic carbocycles. The first-order chi connectivity index (χ1) is 20.6. The molecule has 1 nitrogen and oxygen atoms in total. The van der Waals surface area contributed by atoms with Crippen LogP contribution in [0.5, 0.6) is 5.75 Å². The van der Waals surface area contributed by atoms with Crippen LogP contribution in [0.4, 0.5) is 26.3 Å². The zero-order valence-corrected chi connectivity index (χ0v) is 25.1. The fourth-order valence-electron chi connectivity index (χ4n) is 8.07.